The molecule has 0 spiro atoms. The molecule has 0 N–H and O–H groups in total. The molecule has 2 rings (SSSR count). The predicted octanol–water partition coefficient (Wildman–Crippen LogP) is 4.17. The monoisotopic (exact) mass is 183 g/mol. The van der Waals surface area contributed by atoms with Gasteiger partial charge in [-0.05, 0) is 28.7 Å². The van der Waals surface area contributed by atoms with Crippen LogP contribution in [0.5, 0.6) is 0 Å². The normalized spacial score (nSPS) is 13.0. The average Bonchev–Trinajstić information content (AvgIpc) is 2.27. The second-order valence-electron chi connectivity index (χ2n) is 3.69. The molecule has 0 aliphatic rings. The minimum atomic E-state index is 0.529. The van der Waals surface area contributed by atoms with Crippen LogP contribution in [0.4, 0.5) is 0 Å². The van der Waals surface area contributed by atoms with Crippen molar-refractivity contribution in [1.82, 2.24) is 0 Å². The SMILES string of the molecule is C[CH]C(C)c1cccc2ccccc12. The van der Waals surface area contributed by atoms with E-state index in [-0.39, 0.29) is 0 Å². The molecule has 14 heavy (non-hydrogen) atoms. The Bertz CT molecular complexity index is 423. The van der Waals surface area contributed by atoms with Crippen molar-refractivity contribution in [1.29, 1.82) is 0 Å². The lowest BCUT2D eigenvalue weighted by Crippen LogP contribution is -1.92. The van der Waals surface area contributed by atoms with E-state index in [1.165, 1.54) is 16.3 Å². The van der Waals surface area contributed by atoms with Gasteiger partial charge in [0.05, 0.1) is 0 Å². The maximum Gasteiger partial charge on any atom is -0.0149 e. The van der Waals surface area contributed by atoms with Gasteiger partial charge in [-0.2, -0.15) is 0 Å². The van der Waals surface area contributed by atoms with E-state index in [4.69, 9.17) is 0 Å². The number of fused-ring (bicyclic) bond motifs is 1. The van der Waals surface area contributed by atoms with Crippen molar-refractivity contribution < 1.29 is 0 Å². The van der Waals surface area contributed by atoms with Crippen LogP contribution in [0.2, 0.25) is 0 Å². The van der Waals surface area contributed by atoms with Gasteiger partial charge in [-0.3, -0.25) is 0 Å². The molecule has 0 saturated heterocycles. The summed E-state index contributed by atoms with van der Waals surface area (Å²) in [5.41, 5.74) is 1.42. The van der Waals surface area contributed by atoms with Crippen LogP contribution in [0.25, 0.3) is 10.8 Å². The van der Waals surface area contributed by atoms with Crippen molar-refractivity contribution in [3.63, 3.8) is 0 Å². The van der Waals surface area contributed by atoms with Crippen LogP contribution in [0.15, 0.2) is 42.5 Å². The quantitative estimate of drug-likeness (QED) is 0.655. The lowest BCUT2D eigenvalue weighted by Gasteiger charge is -2.11. The van der Waals surface area contributed by atoms with Gasteiger partial charge >= 0.3 is 0 Å². The molecule has 1 radical (unpaired) electrons. The molecule has 0 nitrogen and oxygen atoms in total. The number of hydrogen-bond acceptors (Lipinski definition) is 0. The molecule has 0 aliphatic carbocycles. The Morgan fingerprint density at radius 2 is 1.71 bits per heavy atom. The third-order valence-electron chi connectivity index (χ3n) is 2.81. The van der Waals surface area contributed by atoms with E-state index >= 15 is 0 Å². The van der Waals surface area contributed by atoms with Crippen molar-refractivity contribution in [2.24, 2.45) is 0 Å². The van der Waals surface area contributed by atoms with Crippen LogP contribution < -0.4 is 0 Å². The number of hydrogen-bond donors (Lipinski definition) is 0. The molecule has 71 valence electrons. The van der Waals surface area contributed by atoms with Crippen molar-refractivity contribution in [3.8, 4) is 0 Å². The van der Waals surface area contributed by atoms with Gasteiger partial charge in [-0.15, -0.1) is 0 Å². The fourth-order valence-corrected chi connectivity index (χ4v) is 1.83. The number of rotatable bonds is 2. The summed E-state index contributed by atoms with van der Waals surface area (Å²) >= 11 is 0. The van der Waals surface area contributed by atoms with Crippen molar-refractivity contribution in [2.45, 2.75) is 19.8 Å². The summed E-state index contributed by atoms with van der Waals surface area (Å²) in [6, 6.07) is 15.1. The van der Waals surface area contributed by atoms with Gasteiger partial charge in [0.25, 0.3) is 0 Å². The van der Waals surface area contributed by atoms with Crippen LogP contribution in [0.3, 0.4) is 0 Å². The third-order valence-corrected chi connectivity index (χ3v) is 2.81. The van der Waals surface area contributed by atoms with E-state index in [0.717, 1.165) is 0 Å². The van der Waals surface area contributed by atoms with Crippen LogP contribution >= 0.6 is 0 Å². The summed E-state index contributed by atoms with van der Waals surface area (Å²) in [4.78, 5) is 0. The second-order valence-corrected chi connectivity index (χ2v) is 3.69. The van der Waals surface area contributed by atoms with Crippen molar-refractivity contribution in [3.05, 3.63) is 54.4 Å². The fraction of sp³-hybridized carbons (Fsp3) is 0.214. The molecular weight excluding hydrogens is 168 g/mol. The first-order valence-corrected chi connectivity index (χ1v) is 5.10. The maximum atomic E-state index is 2.24. The molecule has 2 aromatic rings. The largest absolute Gasteiger partial charge is 0.0617 e. The molecule has 0 aliphatic heterocycles. The van der Waals surface area contributed by atoms with E-state index in [0.29, 0.717) is 5.92 Å². The molecule has 1 unspecified atom stereocenters. The predicted molar refractivity (Wildman–Crippen MR) is 62.3 cm³/mol. The highest BCUT2D eigenvalue weighted by atomic mass is 14.1. The standard InChI is InChI=1S/C14H15/c1-3-11(2)13-10-6-8-12-7-4-5-9-14(12)13/h3-11H,1-2H3. The van der Waals surface area contributed by atoms with Crippen LogP contribution in [-0.2, 0) is 0 Å². The third kappa shape index (κ3) is 1.52. The molecule has 2 aromatic carbocycles. The van der Waals surface area contributed by atoms with Crippen LogP contribution in [-0.4, -0.2) is 0 Å². The lowest BCUT2D eigenvalue weighted by atomic mass is 9.93. The van der Waals surface area contributed by atoms with Crippen molar-refractivity contribution in [2.75, 3.05) is 0 Å². The first-order chi connectivity index (χ1) is 6.83. The fourth-order valence-electron chi connectivity index (χ4n) is 1.83. The Morgan fingerprint density at radius 1 is 1.00 bits per heavy atom. The van der Waals surface area contributed by atoms with Gasteiger partial charge in [0.15, 0.2) is 0 Å². The van der Waals surface area contributed by atoms with Crippen molar-refractivity contribution >= 4 is 10.8 Å². The average molecular weight is 183 g/mol. The highest BCUT2D eigenvalue weighted by Gasteiger charge is 2.06. The highest BCUT2D eigenvalue weighted by Crippen LogP contribution is 2.26. The second kappa shape index (κ2) is 3.83. The summed E-state index contributed by atoms with van der Waals surface area (Å²) < 4.78 is 0. The molecule has 0 bridgehead atoms. The first kappa shape index (κ1) is 9.26. The van der Waals surface area contributed by atoms with Crippen LogP contribution in [0.1, 0.15) is 25.3 Å². The van der Waals surface area contributed by atoms with Gasteiger partial charge in [0.2, 0.25) is 0 Å². The van der Waals surface area contributed by atoms with E-state index in [1.807, 2.05) is 0 Å². The van der Waals surface area contributed by atoms with Gasteiger partial charge < -0.3 is 0 Å². The minimum Gasteiger partial charge on any atom is -0.0617 e. The Labute approximate surface area is 85.6 Å². The van der Waals surface area contributed by atoms with E-state index < -0.39 is 0 Å². The van der Waals surface area contributed by atoms with Gasteiger partial charge in [0.1, 0.15) is 0 Å². The molecule has 0 fully saturated rings. The van der Waals surface area contributed by atoms with Crippen LogP contribution in [0, 0.1) is 6.42 Å². The molecule has 1 atom stereocenters. The Hall–Kier alpha value is -1.30. The Balaban J connectivity index is 2.65. The molecular formula is C14H15. The molecule has 0 saturated carbocycles. The summed E-state index contributed by atoms with van der Waals surface area (Å²) in [5.74, 6) is 0.529. The zero-order valence-corrected chi connectivity index (χ0v) is 8.70. The molecule has 0 heteroatoms. The molecule has 0 heterocycles. The summed E-state index contributed by atoms with van der Waals surface area (Å²) in [7, 11) is 0. The zero-order valence-electron chi connectivity index (χ0n) is 8.70. The number of benzene rings is 2. The Morgan fingerprint density at radius 3 is 2.50 bits per heavy atom. The van der Waals surface area contributed by atoms with E-state index in [1.54, 1.807) is 0 Å². The maximum absolute atomic E-state index is 2.24. The lowest BCUT2D eigenvalue weighted by molar-refractivity contribution is 0.897. The zero-order chi connectivity index (χ0) is 9.97. The summed E-state index contributed by atoms with van der Waals surface area (Å²) in [6.07, 6.45) is 2.24. The first-order valence-electron chi connectivity index (χ1n) is 5.10. The summed E-state index contributed by atoms with van der Waals surface area (Å²) in [5, 5.41) is 2.71. The highest BCUT2D eigenvalue weighted by molar-refractivity contribution is 5.86. The molecule has 0 amide bonds. The van der Waals surface area contributed by atoms with E-state index in [9.17, 15) is 0 Å². The Kier molecular flexibility index (Phi) is 2.53. The smallest absolute Gasteiger partial charge is 0.0149 e. The topological polar surface area (TPSA) is 0 Å². The summed E-state index contributed by atoms with van der Waals surface area (Å²) in [6.45, 7) is 4.36. The van der Waals surface area contributed by atoms with Gasteiger partial charge in [-0.1, -0.05) is 56.3 Å². The minimum absolute atomic E-state index is 0.529. The van der Waals surface area contributed by atoms with Gasteiger partial charge in [0, 0.05) is 0 Å². The van der Waals surface area contributed by atoms with Gasteiger partial charge in [-0.25, -0.2) is 0 Å². The molecule has 0 aromatic heterocycles. The van der Waals surface area contributed by atoms with E-state index in [2.05, 4.69) is 62.7 Å².